The molecule has 0 aromatic heterocycles. The molecule has 0 radical (unpaired) electrons. The number of rotatable bonds is 6. The summed E-state index contributed by atoms with van der Waals surface area (Å²) in [5, 5.41) is 0. The first kappa shape index (κ1) is 15.5. The molecule has 1 saturated heterocycles. The van der Waals surface area contributed by atoms with E-state index in [1.54, 1.807) is 0 Å². The van der Waals surface area contributed by atoms with Gasteiger partial charge in [0.25, 0.3) is 0 Å². The third-order valence-corrected chi connectivity index (χ3v) is 4.08. The van der Waals surface area contributed by atoms with Crippen LogP contribution in [0.1, 0.15) is 53.4 Å². The second-order valence-electron chi connectivity index (χ2n) is 6.25. The number of piperidine rings is 1. The molecule has 3 heteroatoms. The van der Waals surface area contributed by atoms with Crippen LogP contribution in [0.25, 0.3) is 0 Å². The Kier molecular flexibility index (Phi) is 6.13. The molecule has 0 atom stereocenters. The zero-order valence-electron chi connectivity index (χ0n) is 12.5. The van der Waals surface area contributed by atoms with E-state index in [1.165, 1.54) is 13.0 Å². The minimum atomic E-state index is -0.0233. The van der Waals surface area contributed by atoms with Crippen LogP contribution in [0.15, 0.2) is 0 Å². The fourth-order valence-electron chi connectivity index (χ4n) is 2.52. The van der Waals surface area contributed by atoms with Crippen molar-refractivity contribution in [2.75, 3.05) is 26.2 Å². The van der Waals surface area contributed by atoms with E-state index in [-0.39, 0.29) is 5.97 Å². The Morgan fingerprint density at radius 3 is 2.39 bits per heavy atom. The number of hydrogen-bond donors (Lipinski definition) is 0. The summed E-state index contributed by atoms with van der Waals surface area (Å²) in [6.07, 6.45) is 4.10. The summed E-state index contributed by atoms with van der Waals surface area (Å²) in [5.74, 6) is 0.509. The Hall–Kier alpha value is -0.570. The van der Waals surface area contributed by atoms with Crippen molar-refractivity contribution in [2.24, 2.45) is 11.3 Å². The largest absolute Gasteiger partial charge is 0.466 e. The Labute approximate surface area is 112 Å². The first-order chi connectivity index (χ1) is 8.46. The highest BCUT2D eigenvalue weighted by Crippen LogP contribution is 2.26. The standard InChI is InChI=1S/C15H29NO2/c1-5-15(3,4)12-16-9-7-13(8-10-16)11-14(17)18-6-2/h13H,5-12H2,1-4H3. The van der Waals surface area contributed by atoms with E-state index >= 15 is 0 Å². The topological polar surface area (TPSA) is 29.5 Å². The fourth-order valence-corrected chi connectivity index (χ4v) is 2.52. The fraction of sp³-hybridized carbons (Fsp3) is 0.933. The molecule has 3 nitrogen and oxygen atoms in total. The van der Waals surface area contributed by atoms with Gasteiger partial charge in [-0.3, -0.25) is 4.79 Å². The quantitative estimate of drug-likeness (QED) is 0.683. The lowest BCUT2D eigenvalue weighted by molar-refractivity contribution is -0.144. The van der Waals surface area contributed by atoms with Gasteiger partial charge < -0.3 is 9.64 Å². The van der Waals surface area contributed by atoms with Crippen molar-refractivity contribution in [2.45, 2.75) is 53.4 Å². The Bertz CT molecular complexity index is 255. The molecule has 0 bridgehead atoms. The molecule has 0 N–H and O–H groups in total. The average Bonchev–Trinajstić information content (AvgIpc) is 2.32. The van der Waals surface area contributed by atoms with E-state index in [9.17, 15) is 4.79 Å². The van der Waals surface area contributed by atoms with Crippen LogP contribution in [0.4, 0.5) is 0 Å². The van der Waals surface area contributed by atoms with Gasteiger partial charge in [0.05, 0.1) is 6.61 Å². The van der Waals surface area contributed by atoms with Crippen LogP contribution in [0.5, 0.6) is 0 Å². The number of carbonyl (C=O) groups excluding carboxylic acids is 1. The molecule has 1 fully saturated rings. The van der Waals surface area contributed by atoms with Crippen LogP contribution in [0, 0.1) is 11.3 Å². The van der Waals surface area contributed by atoms with Gasteiger partial charge in [0.15, 0.2) is 0 Å². The molecule has 0 aromatic rings. The van der Waals surface area contributed by atoms with Gasteiger partial charge in [-0.1, -0.05) is 20.8 Å². The second-order valence-corrected chi connectivity index (χ2v) is 6.25. The summed E-state index contributed by atoms with van der Waals surface area (Å²) in [6.45, 7) is 12.7. The van der Waals surface area contributed by atoms with Crippen molar-refractivity contribution in [1.29, 1.82) is 0 Å². The highest BCUT2D eigenvalue weighted by molar-refractivity contribution is 5.69. The predicted octanol–water partition coefficient (Wildman–Crippen LogP) is 3.09. The summed E-state index contributed by atoms with van der Waals surface area (Å²) < 4.78 is 5.02. The van der Waals surface area contributed by atoms with E-state index < -0.39 is 0 Å². The van der Waals surface area contributed by atoms with Gasteiger partial charge in [0, 0.05) is 13.0 Å². The van der Waals surface area contributed by atoms with Gasteiger partial charge in [-0.15, -0.1) is 0 Å². The average molecular weight is 255 g/mol. The lowest BCUT2D eigenvalue weighted by Gasteiger charge is -2.36. The monoisotopic (exact) mass is 255 g/mol. The maximum absolute atomic E-state index is 11.4. The highest BCUT2D eigenvalue weighted by Gasteiger charge is 2.25. The molecular formula is C15H29NO2. The summed E-state index contributed by atoms with van der Waals surface area (Å²) in [4.78, 5) is 14.0. The van der Waals surface area contributed by atoms with Crippen LogP contribution >= 0.6 is 0 Å². The molecule has 0 aliphatic carbocycles. The van der Waals surface area contributed by atoms with E-state index in [4.69, 9.17) is 4.74 Å². The van der Waals surface area contributed by atoms with E-state index in [1.807, 2.05) is 6.92 Å². The number of ether oxygens (including phenoxy) is 1. The van der Waals surface area contributed by atoms with Crippen molar-refractivity contribution in [3.63, 3.8) is 0 Å². The zero-order chi connectivity index (χ0) is 13.6. The van der Waals surface area contributed by atoms with Gasteiger partial charge in [0.2, 0.25) is 0 Å². The Morgan fingerprint density at radius 2 is 1.89 bits per heavy atom. The maximum Gasteiger partial charge on any atom is 0.306 e. The highest BCUT2D eigenvalue weighted by atomic mass is 16.5. The van der Waals surface area contributed by atoms with E-state index in [2.05, 4.69) is 25.7 Å². The van der Waals surface area contributed by atoms with Crippen molar-refractivity contribution in [3.05, 3.63) is 0 Å². The molecule has 0 amide bonds. The summed E-state index contributed by atoms with van der Waals surface area (Å²) in [6, 6.07) is 0. The lowest BCUT2D eigenvalue weighted by Crippen LogP contribution is -2.40. The summed E-state index contributed by atoms with van der Waals surface area (Å²) in [5.41, 5.74) is 0.411. The summed E-state index contributed by atoms with van der Waals surface area (Å²) in [7, 11) is 0. The van der Waals surface area contributed by atoms with Crippen molar-refractivity contribution in [3.8, 4) is 0 Å². The van der Waals surface area contributed by atoms with Crippen molar-refractivity contribution in [1.82, 2.24) is 4.90 Å². The van der Waals surface area contributed by atoms with E-state index in [0.29, 0.717) is 24.4 Å². The van der Waals surface area contributed by atoms with Gasteiger partial charge >= 0.3 is 5.97 Å². The molecule has 18 heavy (non-hydrogen) atoms. The first-order valence-corrected chi connectivity index (χ1v) is 7.35. The Morgan fingerprint density at radius 1 is 1.28 bits per heavy atom. The summed E-state index contributed by atoms with van der Waals surface area (Å²) >= 11 is 0. The first-order valence-electron chi connectivity index (χ1n) is 7.35. The molecule has 0 saturated carbocycles. The lowest BCUT2D eigenvalue weighted by atomic mass is 9.87. The SMILES string of the molecule is CCOC(=O)CC1CCN(CC(C)(C)CC)CC1. The molecular weight excluding hydrogens is 226 g/mol. The minimum absolute atomic E-state index is 0.0233. The smallest absolute Gasteiger partial charge is 0.306 e. The van der Waals surface area contributed by atoms with Crippen LogP contribution in [0.2, 0.25) is 0 Å². The predicted molar refractivity (Wildman–Crippen MR) is 74.5 cm³/mol. The van der Waals surface area contributed by atoms with Gasteiger partial charge in [-0.05, 0) is 50.6 Å². The molecule has 1 aliphatic heterocycles. The van der Waals surface area contributed by atoms with Gasteiger partial charge in [-0.25, -0.2) is 0 Å². The molecule has 0 aromatic carbocycles. The zero-order valence-corrected chi connectivity index (χ0v) is 12.5. The number of nitrogens with zero attached hydrogens (tertiary/aromatic N) is 1. The van der Waals surface area contributed by atoms with Crippen LogP contribution in [-0.2, 0) is 9.53 Å². The molecule has 1 rings (SSSR count). The third kappa shape index (κ3) is 5.38. The number of esters is 1. The van der Waals surface area contributed by atoms with Crippen LogP contribution < -0.4 is 0 Å². The minimum Gasteiger partial charge on any atom is -0.466 e. The molecule has 106 valence electrons. The maximum atomic E-state index is 11.4. The van der Waals surface area contributed by atoms with Crippen LogP contribution in [-0.4, -0.2) is 37.1 Å². The van der Waals surface area contributed by atoms with Gasteiger partial charge in [0.1, 0.15) is 0 Å². The second kappa shape index (κ2) is 7.13. The molecule has 1 heterocycles. The number of hydrogen-bond acceptors (Lipinski definition) is 3. The molecule has 0 spiro atoms. The number of carbonyl (C=O) groups is 1. The van der Waals surface area contributed by atoms with E-state index in [0.717, 1.165) is 25.9 Å². The Balaban J connectivity index is 2.26. The van der Waals surface area contributed by atoms with Crippen molar-refractivity contribution < 1.29 is 9.53 Å². The molecule has 0 unspecified atom stereocenters. The van der Waals surface area contributed by atoms with Gasteiger partial charge in [-0.2, -0.15) is 0 Å². The molecule has 1 aliphatic rings. The third-order valence-electron chi connectivity index (χ3n) is 4.08. The van der Waals surface area contributed by atoms with Crippen LogP contribution in [0.3, 0.4) is 0 Å². The normalized spacial score (nSPS) is 18.9. The number of likely N-dealkylation sites (tertiary alicyclic amines) is 1. The van der Waals surface area contributed by atoms with Crippen molar-refractivity contribution >= 4 is 5.97 Å².